The summed E-state index contributed by atoms with van der Waals surface area (Å²) in [6, 6.07) is 44.9. The molecule has 244 valence electrons. The van der Waals surface area contributed by atoms with Crippen LogP contribution in [0.25, 0.3) is 16.7 Å². The molecule has 0 saturated heterocycles. The third-order valence-corrected chi connectivity index (χ3v) is 18.9. The first-order valence-electron chi connectivity index (χ1n) is 16.9. The molecule has 0 spiro atoms. The minimum absolute atomic E-state index is 0. The van der Waals surface area contributed by atoms with Gasteiger partial charge in [-0.05, 0) is 0 Å². The van der Waals surface area contributed by atoms with Crippen molar-refractivity contribution in [2.75, 3.05) is 0 Å². The van der Waals surface area contributed by atoms with Crippen molar-refractivity contribution < 1.29 is 46.1 Å². The monoisotopic (exact) mass is 746 g/mol. The molecule has 0 aliphatic heterocycles. The Morgan fingerprint density at radius 3 is 1.44 bits per heavy atom. The molecule has 0 heterocycles. The summed E-state index contributed by atoms with van der Waals surface area (Å²) in [5.41, 5.74) is 17.6. The summed E-state index contributed by atoms with van der Waals surface area (Å²) >= 11 is -2.88. The van der Waals surface area contributed by atoms with E-state index in [0.29, 0.717) is 7.25 Å². The Bertz CT molecular complexity index is 1920. The van der Waals surface area contributed by atoms with Crippen LogP contribution < -0.4 is 24.8 Å². The number of halogens is 2. The predicted octanol–water partition coefficient (Wildman–Crippen LogP) is 5.71. The fourth-order valence-electron chi connectivity index (χ4n) is 7.70. The molecule has 0 saturated carbocycles. The molecule has 1 atom stereocenters. The van der Waals surface area contributed by atoms with Crippen molar-refractivity contribution in [2.45, 2.75) is 73.5 Å². The second kappa shape index (κ2) is 13.8. The van der Waals surface area contributed by atoms with E-state index in [9.17, 15) is 0 Å². The Balaban J connectivity index is 0.00000225. The van der Waals surface area contributed by atoms with Crippen molar-refractivity contribution in [1.82, 2.24) is 0 Å². The molecule has 7 rings (SSSR count). The summed E-state index contributed by atoms with van der Waals surface area (Å²) in [6.45, 7) is 18.7. The van der Waals surface area contributed by atoms with Crippen molar-refractivity contribution in [3.63, 3.8) is 0 Å². The molecule has 5 aromatic rings. The Labute approximate surface area is 308 Å². The minimum atomic E-state index is -2.88. The smallest absolute Gasteiger partial charge is 1.00 e. The van der Waals surface area contributed by atoms with Gasteiger partial charge >= 0.3 is 286 Å². The molecule has 3 heteroatoms. The van der Waals surface area contributed by atoms with Gasteiger partial charge in [-0.15, -0.1) is 0 Å². The van der Waals surface area contributed by atoms with Crippen LogP contribution in [0.2, 0.25) is 0 Å². The van der Waals surface area contributed by atoms with E-state index in [2.05, 4.69) is 177 Å². The summed E-state index contributed by atoms with van der Waals surface area (Å²) in [4.78, 5) is 0. The average Bonchev–Trinajstić information content (AvgIpc) is 3.52. The van der Waals surface area contributed by atoms with E-state index in [1.54, 1.807) is 19.9 Å². The second-order valence-electron chi connectivity index (χ2n) is 15.5. The van der Waals surface area contributed by atoms with Crippen LogP contribution >= 0.6 is 0 Å². The summed E-state index contributed by atoms with van der Waals surface area (Å²) in [6.07, 6.45) is 2.67. The maximum Gasteiger partial charge on any atom is -1.00 e. The first-order chi connectivity index (χ1) is 21.9. The predicted molar refractivity (Wildman–Crippen MR) is 195 cm³/mol. The van der Waals surface area contributed by atoms with E-state index >= 15 is 0 Å². The Hall–Kier alpha value is -2.83. The summed E-state index contributed by atoms with van der Waals surface area (Å²) in [5.74, 6) is 0. The van der Waals surface area contributed by atoms with Gasteiger partial charge in [0.25, 0.3) is 0 Å². The van der Waals surface area contributed by atoms with Crippen LogP contribution in [-0.4, -0.2) is 3.21 Å². The minimum Gasteiger partial charge on any atom is -1.00 e. The third kappa shape index (κ3) is 6.56. The van der Waals surface area contributed by atoms with Crippen LogP contribution in [0.3, 0.4) is 0 Å². The van der Waals surface area contributed by atoms with E-state index in [4.69, 9.17) is 0 Å². The maximum absolute atomic E-state index is 2.88. The Morgan fingerprint density at radius 2 is 0.979 bits per heavy atom. The average molecular weight is 749 g/mol. The molecule has 2 aliphatic carbocycles. The van der Waals surface area contributed by atoms with Gasteiger partial charge in [0.15, 0.2) is 0 Å². The van der Waals surface area contributed by atoms with Gasteiger partial charge in [0.05, 0.1) is 0 Å². The number of aryl methyl sites for hydroxylation is 1. The van der Waals surface area contributed by atoms with Gasteiger partial charge in [-0.25, -0.2) is 0 Å². The van der Waals surface area contributed by atoms with Gasteiger partial charge in [0.2, 0.25) is 0 Å². The van der Waals surface area contributed by atoms with Crippen molar-refractivity contribution in [3.8, 4) is 11.1 Å². The molecule has 0 amide bonds. The Morgan fingerprint density at radius 1 is 0.521 bits per heavy atom. The molecule has 0 radical (unpaired) electrons. The van der Waals surface area contributed by atoms with Crippen LogP contribution in [0.4, 0.5) is 0 Å². The molecule has 0 aromatic heterocycles. The number of hydrogen-bond acceptors (Lipinski definition) is 0. The van der Waals surface area contributed by atoms with E-state index in [1.807, 2.05) is 0 Å². The zero-order valence-electron chi connectivity index (χ0n) is 29.5. The Kier molecular flexibility index (Phi) is 10.5. The number of fused-ring (bicyclic) bond motifs is 4. The second-order valence-corrected chi connectivity index (χ2v) is 21.9. The van der Waals surface area contributed by atoms with Crippen molar-refractivity contribution >= 4 is 8.78 Å². The number of hydrogen-bond donors (Lipinski definition) is 0. The zero-order valence-corrected chi connectivity index (χ0v) is 33.4. The molecule has 0 fully saturated rings. The van der Waals surface area contributed by atoms with E-state index in [-0.39, 0.29) is 35.6 Å². The van der Waals surface area contributed by atoms with Crippen LogP contribution in [0, 0.1) is 6.92 Å². The van der Waals surface area contributed by atoms with Gasteiger partial charge in [0, 0.05) is 0 Å². The van der Waals surface area contributed by atoms with Gasteiger partial charge < -0.3 is 24.8 Å². The van der Waals surface area contributed by atoms with Crippen molar-refractivity contribution in [1.29, 1.82) is 0 Å². The molecule has 48 heavy (non-hydrogen) atoms. The first-order valence-corrected chi connectivity index (χ1v) is 20.9. The molecular weight excluding hydrogens is 703 g/mol. The van der Waals surface area contributed by atoms with Gasteiger partial charge in [0.1, 0.15) is 0 Å². The number of allylic oxidation sites excluding steroid dienone is 2. The molecule has 0 nitrogen and oxygen atoms in total. The van der Waals surface area contributed by atoms with Crippen LogP contribution in [0.5, 0.6) is 0 Å². The van der Waals surface area contributed by atoms with Crippen LogP contribution in [0.1, 0.15) is 106 Å². The molecule has 5 aromatic carbocycles. The van der Waals surface area contributed by atoms with Crippen molar-refractivity contribution in [2.24, 2.45) is 0 Å². The van der Waals surface area contributed by atoms with Crippen LogP contribution in [-0.2, 0) is 32.1 Å². The topological polar surface area (TPSA) is 0 Å². The molecule has 0 N–H and O–H groups in total. The fraction of sp³-hybridized carbons (Fsp3) is 0.267. The largest absolute Gasteiger partial charge is 1.00 e. The maximum atomic E-state index is 2.67. The zero-order chi connectivity index (χ0) is 32.4. The number of benzene rings is 5. The standard InChI is InChI=1S/C21H25.C13H10.C11H11.2ClH.Zr/c1-20(2,3)16-7-9-18-14(12-16)11-15-13-17(21(4,5)6)8-10-19(15)18;1-3-7-12(8-4-1)11-13-9-5-2-6-10-13;1-8-3-6-11-9(2)4-5-10(11)7-8;;;/h7-13H,1-6H3;1-10H;3-7H,1-2H3;2*1H;/q;;;;;+2/p-2. The molecule has 2 aliphatic rings. The van der Waals surface area contributed by atoms with E-state index in [0.717, 1.165) is 0 Å². The normalized spacial score (nSPS) is 14.8. The molecule has 0 bridgehead atoms. The molecule has 1 unspecified atom stereocenters. The third-order valence-electron chi connectivity index (χ3n) is 10.2. The van der Waals surface area contributed by atoms with Gasteiger partial charge in [-0.3, -0.25) is 0 Å². The summed E-state index contributed by atoms with van der Waals surface area (Å²) in [7, 11) is 0. The van der Waals surface area contributed by atoms with E-state index < -0.39 is 21.3 Å². The van der Waals surface area contributed by atoms with Gasteiger partial charge in [-0.1, -0.05) is 0 Å². The first kappa shape index (κ1) is 36.5. The fourth-order valence-corrected chi connectivity index (χ4v) is 17.8. The number of rotatable bonds is 4. The summed E-state index contributed by atoms with van der Waals surface area (Å²) < 4.78 is 2.43. The SMILES string of the molecule is CC1=C[CH]([Zr+2](=[C](c2ccccc2)c2ccccc2)[CH]2c3cc(C(C)(C)C)ccc3-c3ccc(C(C)(C)C)cc32)c2cc(C)ccc21.[Cl-].[Cl-]. The quantitative estimate of drug-likeness (QED) is 0.221. The van der Waals surface area contributed by atoms with Gasteiger partial charge in [-0.2, -0.15) is 0 Å². The van der Waals surface area contributed by atoms with Crippen LogP contribution in [0.15, 0.2) is 121 Å². The molecular formula is C45H46Cl2Zr. The van der Waals surface area contributed by atoms with Crippen molar-refractivity contribution in [3.05, 3.63) is 171 Å². The van der Waals surface area contributed by atoms with E-state index in [1.165, 1.54) is 50.1 Å². The summed E-state index contributed by atoms with van der Waals surface area (Å²) in [5, 5.41) is 0.